The minimum atomic E-state index is -1.81. The van der Waals surface area contributed by atoms with E-state index < -0.39 is 172 Å². The topological polar surface area (TPSA) is 357 Å². The van der Waals surface area contributed by atoms with Crippen LogP contribution in [0.5, 0.6) is 0 Å². The molecule has 8 aliphatic rings. The number of rotatable bonds is 16. The maximum absolute atomic E-state index is 12.8. The molecular formula is C53H90O22. The van der Waals surface area contributed by atoms with Crippen molar-refractivity contribution in [2.45, 2.75) is 248 Å². The molecule has 22 heteroatoms. The van der Waals surface area contributed by atoms with Gasteiger partial charge in [0.25, 0.3) is 0 Å². The second-order valence-corrected chi connectivity index (χ2v) is 25.3. The highest BCUT2D eigenvalue weighted by atomic mass is 16.8. The van der Waals surface area contributed by atoms with Crippen LogP contribution in [0.3, 0.4) is 0 Å². The van der Waals surface area contributed by atoms with Gasteiger partial charge in [0, 0.05) is 0 Å². The molecule has 434 valence electrons. The number of aliphatic hydroxyl groups is 14. The zero-order valence-corrected chi connectivity index (χ0v) is 44.7. The van der Waals surface area contributed by atoms with Crippen LogP contribution in [0, 0.1) is 45.3 Å². The molecule has 0 bridgehead atoms. The number of fused-ring (bicyclic) bond motifs is 5. The molecule has 0 aromatic heterocycles. The van der Waals surface area contributed by atoms with Crippen LogP contribution in [0.2, 0.25) is 0 Å². The monoisotopic (exact) mass is 1080 g/mol. The second-order valence-electron chi connectivity index (χ2n) is 25.3. The first-order chi connectivity index (χ1) is 35.1. The predicted octanol–water partition coefficient (Wildman–Crippen LogP) is -1.56. The highest BCUT2D eigenvalue weighted by Crippen LogP contribution is 2.76. The summed E-state index contributed by atoms with van der Waals surface area (Å²) in [4.78, 5) is 0. The van der Waals surface area contributed by atoms with Crippen LogP contribution in [0.4, 0.5) is 0 Å². The molecule has 22 nitrogen and oxygen atoms in total. The second kappa shape index (κ2) is 22.7. The normalized spacial score (nSPS) is 52.6. The Balaban J connectivity index is 1.01. The lowest BCUT2D eigenvalue weighted by Crippen LogP contribution is -2.68. The Kier molecular flexibility index (Phi) is 18.1. The quantitative estimate of drug-likeness (QED) is 0.0614. The first-order valence-corrected chi connectivity index (χ1v) is 27.3. The molecule has 14 N–H and O–H groups in total. The van der Waals surface area contributed by atoms with Gasteiger partial charge in [0.2, 0.25) is 0 Å². The summed E-state index contributed by atoms with van der Waals surface area (Å²) in [5.74, 6) is -0.394. The van der Waals surface area contributed by atoms with Crippen molar-refractivity contribution in [3.63, 3.8) is 0 Å². The highest BCUT2D eigenvalue weighted by Gasteiger charge is 2.72. The van der Waals surface area contributed by atoms with E-state index >= 15 is 0 Å². The molecule has 4 saturated heterocycles. The first kappa shape index (κ1) is 60.0. The van der Waals surface area contributed by atoms with E-state index in [2.05, 4.69) is 40.7 Å². The summed E-state index contributed by atoms with van der Waals surface area (Å²) in [6, 6.07) is 0. The van der Waals surface area contributed by atoms with Gasteiger partial charge in [-0.2, -0.15) is 0 Å². The minimum Gasteiger partial charge on any atom is -0.394 e. The molecule has 4 aliphatic carbocycles. The average Bonchev–Trinajstić information content (AvgIpc) is 3.89. The van der Waals surface area contributed by atoms with Gasteiger partial charge >= 0.3 is 0 Å². The van der Waals surface area contributed by atoms with E-state index in [9.17, 15) is 71.5 Å². The van der Waals surface area contributed by atoms with Crippen molar-refractivity contribution in [2.24, 2.45) is 45.3 Å². The van der Waals surface area contributed by atoms with Crippen molar-refractivity contribution in [1.29, 1.82) is 0 Å². The Morgan fingerprint density at radius 1 is 0.560 bits per heavy atom. The Morgan fingerprint density at radius 2 is 1.08 bits per heavy atom. The van der Waals surface area contributed by atoms with Crippen molar-refractivity contribution < 1.29 is 109 Å². The number of allylic oxidation sites excluding steroid dienone is 2. The van der Waals surface area contributed by atoms with Gasteiger partial charge in [0.1, 0.15) is 91.6 Å². The van der Waals surface area contributed by atoms with Crippen LogP contribution >= 0.6 is 0 Å². The summed E-state index contributed by atoms with van der Waals surface area (Å²) in [6.07, 6.45) is -22.1. The fourth-order valence-electron chi connectivity index (χ4n) is 16.1. The molecule has 8 fully saturated rings. The van der Waals surface area contributed by atoms with Crippen LogP contribution < -0.4 is 0 Å². The third kappa shape index (κ3) is 10.5. The van der Waals surface area contributed by atoms with E-state index in [-0.39, 0.29) is 34.5 Å². The van der Waals surface area contributed by atoms with Gasteiger partial charge in [-0.15, -0.1) is 0 Å². The maximum atomic E-state index is 12.8. The van der Waals surface area contributed by atoms with Gasteiger partial charge in [0.05, 0.1) is 44.2 Å². The smallest absolute Gasteiger partial charge is 0.187 e. The van der Waals surface area contributed by atoms with Crippen LogP contribution in [-0.2, 0) is 37.9 Å². The number of aliphatic hydroxyl groups excluding tert-OH is 14. The van der Waals surface area contributed by atoms with E-state index in [0.29, 0.717) is 38.5 Å². The molecule has 0 amide bonds. The molecule has 0 unspecified atom stereocenters. The minimum absolute atomic E-state index is 0.0508. The summed E-state index contributed by atoms with van der Waals surface area (Å²) in [5.41, 5.74) is -1.47. The summed E-state index contributed by atoms with van der Waals surface area (Å²) >= 11 is 0. The highest BCUT2D eigenvalue weighted by molar-refractivity contribution is 5.20. The van der Waals surface area contributed by atoms with Crippen LogP contribution in [0.15, 0.2) is 11.6 Å². The van der Waals surface area contributed by atoms with Gasteiger partial charge in [-0.3, -0.25) is 0 Å². The predicted molar refractivity (Wildman–Crippen MR) is 260 cm³/mol. The molecule has 4 heterocycles. The summed E-state index contributed by atoms with van der Waals surface area (Å²) < 4.78 is 48.9. The van der Waals surface area contributed by atoms with Gasteiger partial charge in [-0.25, -0.2) is 0 Å². The van der Waals surface area contributed by atoms with Crippen molar-refractivity contribution >= 4 is 0 Å². The van der Waals surface area contributed by atoms with E-state index in [1.807, 2.05) is 20.8 Å². The van der Waals surface area contributed by atoms with E-state index in [4.69, 9.17) is 37.9 Å². The third-order valence-corrected chi connectivity index (χ3v) is 20.5. The fourth-order valence-corrected chi connectivity index (χ4v) is 16.1. The molecule has 29 atom stereocenters. The van der Waals surface area contributed by atoms with Crippen molar-refractivity contribution in [3.8, 4) is 0 Å². The molecule has 0 spiro atoms. The summed E-state index contributed by atoms with van der Waals surface area (Å²) in [5, 5.41) is 151. The number of ether oxygens (including phenoxy) is 8. The molecule has 4 saturated carbocycles. The first-order valence-electron chi connectivity index (χ1n) is 27.3. The van der Waals surface area contributed by atoms with E-state index in [1.165, 1.54) is 0 Å². The van der Waals surface area contributed by atoms with Crippen LogP contribution in [0.1, 0.15) is 113 Å². The van der Waals surface area contributed by atoms with Crippen LogP contribution in [0.25, 0.3) is 0 Å². The Labute approximate surface area is 439 Å². The Bertz CT molecular complexity index is 1940. The molecule has 8 rings (SSSR count). The van der Waals surface area contributed by atoms with E-state index in [1.54, 1.807) is 0 Å². The lowest BCUT2D eigenvalue weighted by molar-refractivity contribution is -0.378. The van der Waals surface area contributed by atoms with Crippen molar-refractivity contribution in [2.75, 3.05) is 26.4 Å². The molecule has 4 aliphatic heterocycles. The largest absolute Gasteiger partial charge is 0.394 e. The molecule has 0 aromatic carbocycles. The molecule has 0 radical (unpaired) electrons. The van der Waals surface area contributed by atoms with Gasteiger partial charge in [0.15, 0.2) is 25.2 Å². The van der Waals surface area contributed by atoms with Crippen molar-refractivity contribution in [3.05, 3.63) is 11.6 Å². The standard InChI is InChI=1S/C53H90O22/c1-23(2)10-9-14-53(8,75-47-43(67)39(63)37(61)29(72-47)22-68-45-41(65)36(60)28(21-56)69-45)24-11-16-52(7)33(24)25(57)18-31-50(5)15-13-32(49(3,4)30(50)12-17-51(31,52)6)73-48-44(40(64)35(59)27(20-55)71-48)74-46-42(66)38(62)34(58)26(19-54)70-46/h10,24-48,54-67H,9,11-22H2,1-8H3/t24-,25+,26+,27+,28-,29+,30-,31+,32-,33-,34+,35+,36+,37+,38-,39-,40-,41-,42+,43+,44+,45+,46-,47-,48-,50-,51+,52+,53-/m0/s1. The summed E-state index contributed by atoms with van der Waals surface area (Å²) in [6.45, 7) is 14.9. The SMILES string of the molecule is CC(C)=CCC[C@](C)(O[C@@H]1O[C@H](CO[C@@H]2O[C@@H](CO)[C@@H](O)[C@@H]2O)[C@@H](O)[C@H](O)[C@H]1O)[C@H]1CC[C@]2(C)[C@@H]1[C@H](O)C[C@@H]1[C@@]3(C)CC[C@H](O[C@@H]4O[C@H](CO)[C@@H](O)[C@H](O)[C@H]4O[C@@H]4O[C@H](CO)[C@@H](O)[C@H](O)[C@H]4O)C(C)(C)[C@@H]3CC[C@]12C. The maximum Gasteiger partial charge on any atom is 0.187 e. The zero-order valence-electron chi connectivity index (χ0n) is 44.7. The fraction of sp³-hybridized carbons (Fsp3) is 0.962. The summed E-state index contributed by atoms with van der Waals surface area (Å²) in [7, 11) is 0. The number of hydrogen-bond acceptors (Lipinski definition) is 22. The molecule has 0 aromatic rings. The molecular weight excluding hydrogens is 989 g/mol. The molecule has 75 heavy (non-hydrogen) atoms. The number of hydrogen-bond donors (Lipinski definition) is 14. The van der Waals surface area contributed by atoms with Crippen LogP contribution in [-0.4, -0.2) is 232 Å². The lowest BCUT2D eigenvalue weighted by atomic mass is 9.35. The van der Waals surface area contributed by atoms with E-state index in [0.717, 1.165) is 24.8 Å². The Morgan fingerprint density at radius 3 is 1.69 bits per heavy atom. The van der Waals surface area contributed by atoms with Gasteiger partial charge in [-0.05, 0) is 124 Å². The van der Waals surface area contributed by atoms with Gasteiger partial charge < -0.3 is 109 Å². The Hall–Kier alpha value is -1.14. The van der Waals surface area contributed by atoms with Gasteiger partial charge in [-0.1, -0.05) is 46.3 Å². The van der Waals surface area contributed by atoms with Crippen molar-refractivity contribution in [1.82, 2.24) is 0 Å². The lowest BCUT2D eigenvalue weighted by Gasteiger charge is -2.71. The zero-order chi connectivity index (χ0) is 55.1. The third-order valence-electron chi connectivity index (χ3n) is 20.5. The average molecular weight is 1080 g/mol.